The summed E-state index contributed by atoms with van der Waals surface area (Å²) in [6.07, 6.45) is 0. The van der Waals surface area contributed by atoms with Crippen LogP contribution < -0.4 is 0 Å². The second-order valence-electron chi connectivity index (χ2n) is 5.65. The Morgan fingerprint density at radius 1 is 0.692 bits per heavy atom. The number of methoxy groups -OCH3 is 1. The highest BCUT2D eigenvalue weighted by atomic mass is 79.9. The average molecular weight is 447 g/mol. The summed E-state index contributed by atoms with van der Waals surface area (Å²) >= 11 is 3.46. The molecule has 0 bridgehead atoms. The highest BCUT2D eigenvalue weighted by Crippen LogP contribution is 2.14. The molecule has 0 aromatic heterocycles. The van der Waals surface area contributed by atoms with Crippen LogP contribution in [0.25, 0.3) is 0 Å². The van der Waals surface area contributed by atoms with Crippen molar-refractivity contribution < 1.29 is 38.3 Å². The van der Waals surface area contributed by atoms with E-state index in [4.69, 9.17) is 38.3 Å². The fourth-order valence-electron chi connectivity index (χ4n) is 1.72. The zero-order chi connectivity index (χ0) is 19.3. The highest BCUT2D eigenvalue weighted by Gasteiger charge is 2.24. The van der Waals surface area contributed by atoms with Gasteiger partial charge < -0.3 is 38.3 Å². The summed E-state index contributed by atoms with van der Waals surface area (Å²) in [5.74, 6) is 0. The standard InChI is InChI=1S/C17H35BrO8/c1-17(15-18,26-14-13-22-6-5-20-2)16-25-12-11-24-10-9-23-8-7-21-4-3-19/h19H,3-16H2,1-2H3. The number of hydrogen-bond acceptors (Lipinski definition) is 8. The number of hydrogen-bond donors (Lipinski definition) is 1. The van der Waals surface area contributed by atoms with Crippen molar-refractivity contribution >= 4 is 15.9 Å². The maximum absolute atomic E-state index is 8.54. The van der Waals surface area contributed by atoms with Crippen LogP contribution in [0.15, 0.2) is 0 Å². The first kappa shape index (κ1) is 26.2. The van der Waals surface area contributed by atoms with Crippen molar-refractivity contribution in [2.24, 2.45) is 0 Å². The first-order valence-electron chi connectivity index (χ1n) is 8.87. The molecule has 26 heavy (non-hydrogen) atoms. The van der Waals surface area contributed by atoms with Crippen LogP contribution in [0, 0.1) is 0 Å². The molecular formula is C17H35BrO8. The molecular weight excluding hydrogens is 412 g/mol. The first-order valence-corrected chi connectivity index (χ1v) is 9.99. The maximum atomic E-state index is 8.54. The Bertz CT molecular complexity index is 285. The summed E-state index contributed by atoms with van der Waals surface area (Å²) in [7, 11) is 1.64. The van der Waals surface area contributed by atoms with Gasteiger partial charge in [0.25, 0.3) is 0 Å². The van der Waals surface area contributed by atoms with Gasteiger partial charge in [0.2, 0.25) is 0 Å². The molecule has 0 saturated heterocycles. The molecule has 9 heteroatoms. The van der Waals surface area contributed by atoms with Gasteiger partial charge in [0.15, 0.2) is 0 Å². The number of ether oxygens (including phenoxy) is 7. The third kappa shape index (κ3) is 17.6. The molecule has 0 aliphatic carbocycles. The second kappa shape index (κ2) is 19.9. The van der Waals surface area contributed by atoms with E-state index < -0.39 is 5.60 Å². The Kier molecular flexibility index (Phi) is 20.0. The third-order valence-corrected chi connectivity index (χ3v) is 4.34. The molecule has 1 N–H and O–H groups in total. The van der Waals surface area contributed by atoms with Gasteiger partial charge in [-0.2, -0.15) is 0 Å². The van der Waals surface area contributed by atoms with Crippen LogP contribution in [-0.4, -0.2) is 109 Å². The topological polar surface area (TPSA) is 84.8 Å². The molecule has 0 aliphatic heterocycles. The quantitative estimate of drug-likeness (QED) is 0.205. The van der Waals surface area contributed by atoms with E-state index in [2.05, 4.69) is 15.9 Å². The summed E-state index contributed by atoms with van der Waals surface area (Å²) in [4.78, 5) is 0. The van der Waals surface area contributed by atoms with Gasteiger partial charge in [0.05, 0.1) is 91.5 Å². The lowest BCUT2D eigenvalue weighted by Crippen LogP contribution is -2.38. The monoisotopic (exact) mass is 446 g/mol. The van der Waals surface area contributed by atoms with Gasteiger partial charge in [-0.1, -0.05) is 15.9 Å². The minimum Gasteiger partial charge on any atom is -0.394 e. The van der Waals surface area contributed by atoms with Gasteiger partial charge in [-0.25, -0.2) is 0 Å². The average Bonchev–Trinajstić information content (AvgIpc) is 2.65. The molecule has 0 fully saturated rings. The summed E-state index contributed by atoms with van der Waals surface area (Å²) in [5.41, 5.74) is -0.400. The fraction of sp³-hybridized carbons (Fsp3) is 1.00. The van der Waals surface area contributed by atoms with Gasteiger partial charge in [-0.3, -0.25) is 0 Å². The van der Waals surface area contributed by atoms with Crippen LogP contribution in [0.2, 0.25) is 0 Å². The smallest absolute Gasteiger partial charge is 0.0984 e. The lowest BCUT2D eigenvalue weighted by atomic mass is 10.1. The predicted octanol–water partition coefficient (Wildman–Crippen LogP) is 0.878. The summed E-state index contributed by atoms with van der Waals surface area (Å²) in [5, 5.41) is 9.21. The van der Waals surface area contributed by atoms with E-state index >= 15 is 0 Å². The van der Waals surface area contributed by atoms with Crippen molar-refractivity contribution in [1.82, 2.24) is 0 Å². The van der Waals surface area contributed by atoms with Gasteiger partial charge in [0, 0.05) is 12.4 Å². The minimum atomic E-state index is -0.400. The summed E-state index contributed by atoms with van der Waals surface area (Å²) < 4.78 is 37.6. The van der Waals surface area contributed by atoms with Crippen LogP contribution in [0.4, 0.5) is 0 Å². The van der Waals surface area contributed by atoms with E-state index in [0.717, 1.165) is 0 Å². The molecule has 0 aliphatic rings. The van der Waals surface area contributed by atoms with Crippen LogP contribution in [0.1, 0.15) is 6.92 Å². The zero-order valence-corrected chi connectivity index (χ0v) is 17.7. The molecule has 0 radical (unpaired) electrons. The van der Waals surface area contributed by atoms with Crippen molar-refractivity contribution in [1.29, 1.82) is 0 Å². The first-order chi connectivity index (χ1) is 12.7. The molecule has 0 aromatic carbocycles. The van der Waals surface area contributed by atoms with E-state index in [1.807, 2.05) is 6.92 Å². The second-order valence-corrected chi connectivity index (χ2v) is 6.21. The third-order valence-electron chi connectivity index (χ3n) is 3.15. The number of rotatable bonds is 21. The van der Waals surface area contributed by atoms with Crippen molar-refractivity contribution in [2.45, 2.75) is 12.5 Å². The lowest BCUT2D eigenvalue weighted by Gasteiger charge is -2.27. The van der Waals surface area contributed by atoms with Gasteiger partial charge in [0.1, 0.15) is 0 Å². The summed E-state index contributed by atoms with van der Waals surface area (Å²) in [6.45, 7) is 8.01. The Balaban J connectivity index is 3.44. The van der Waals surface area contributed by atoms with Crippen molar-refractivity contribution in [3.63, 3.8) is 0 Å². The molecule has 0 rings (SSSR count). The molecule has 0 heterocycles. The fourth-order valence-corrected chi connectivity index (χ4v) is 2.05. The van der Waals surface area contributed by atoms with Crippen LogP contribution in [0.5, 0.6) is 0 Å². The van der Waals surface area contributed by atoms with E-state index in [0.29, 0.717) is 84.6 Å². The van der Waals surface area contributed by atoms with Crippen molar-refractivity contribution in [3.8, 4) is 0 Å². The number of aliphatic hydroxyl groups excluding tert-OH is 1. The summed E-state index contributed by atoms with van der Waals surface area (Å²) in [6, 6.07) is 0. The van der Waals surface area contributed by atoms with E-state index in [-0.39, 0.29) is 6.61 Å². The van der Waals surface area contributed by atoms with Crippen LogP contribution >= 0.6 is 15.9 Å². The lowest BCUT2D eigenvalue weighted by molar-refractivity contribution is -0.0942. The number of alkyl halides is 1. The SMILES string of the molecule is COCCOCCOC(C)(CBr)COCCOCCOCCOCCO. The largest absolute Gasteiger partial charge is 0.394 e. The molecule has 158 valence electrons. The Labute approximate surface area is 165 Å². The molecule has 0 aromatic rings. The van der Waals surface area contributed by atoms with Gasteiger partial charge in [-0.15, -0.1) is 0 Å². The van der Waals surface area contributed by atoms with E-state index in [9.17, 15) is 0 Å². The zero-order valence-electron chi connectivity index (χ0n) is 16.1. The minimum absolute atomic E-state index is 0.0322. The number of aliphatic hydroxyl groups is 1. The predicted molar refractivity (Wildman–Crippen MR) is 101 cm³/mol. The van der Waals surface area contributed by atoms with E-state index in [1.165, 1.54) is 0 Å². The normalized spacial score (nSPS) is 13.8. The molecule has 0 saturated carbocycles. The van der Waals surface area contributed by atoms with E-state index in [1.54, 1.807) is 7.11 Å². The maximum Gasteiger partial charge on any atom is 0.0984 e. The molecule has 0 amide bonds. The van der Waals surface area contributed by atoms with Gasteiger partial charge >= 0.3 is 0 Å². The molecule has 8 nitrogen and oxygen atoms in total. The van der Waals surface area contributed by atoms with Crippen molar-refractivity contribution in [3.05, 3.63) is 0 Å². The Hall–Kier alpha value is 0.160. The van der Waals surface area contributed by atoms with Crippen molar-refractivity contribution in [2.75, 3.05) is 98.3 Å². The Morgan fingerprint density at radius 2 is 1.15 bits per heavy atom. The molecule has 1 unspecified atom stereocenters. The Morgan fingerprint density at radius 3 is 1.65 bits per heavy atom. The molecule has 1 atom stereocenters. The van der Waals surface area contributed by atoms with Crippen LogP contribution in [-0.2, 0) is 33.2 Å². The highest BCUT2D eigenvalue weighted by molar-refractivity contribution is 9.09. The van der Waals surface area contributed by atoms with Gasteiger partial charge in [-0.05, 0) is 6.92 Å². The number of halogens is 1. The molecule has 0 spiro atoms. The van der Waals surface area contributed by atoms with Crippen LogP contribution in [0.3, 0.4) is 0 Å².